The molecule has 2 heterocycles. The molecule has 7 heteroatoms. The Morgan fingerprint density at radius 2 is 1.49 bits per heavy atom. The normalized spacial score (nSPS) is 17.5. The second-order valence-corrected chi connectivity index (χ2v) is 10.00. The summed E-state index contributed by atoms with van der Waals surface area (Å²) >= 11 is 0. The van der Waals surface area contributed by atoms with Crippen LogP contribution in [0.25, 0.3) is 10.8 Å². The molecule has 1 aliphatic rings. The monoisotopic (exact) mass is 494 g/mol. The molecule has 37 heavy (non-hydrogen) atoms. The highest BCUT2D eigenvalue weighted by Crippen LogP contribution is 2.25. The molecule has 0 aliphatic carbocycles. The van der Waals surface area contributed by atoms with Gasteiger partial charge in [0.1, 0.15) is 0 Å². The number of para-hydroxylation sites is 1. The first-order chi connectivity index (χ1) is 17.9. The highest BCUT2D eigenvalue weighted by Gasteiger charge is 2.28. The number of nitrogens with zero attached hydrogens (tertiary/aromatic N) is 3. The molecule has 2 unspecified atom stereocenters. The number of aromatic nitrogens is 2. The number of likely N-dealkylation sites (tertiary alicyclic amines) is 1. The number of hydrogen-bond acceptors (Lipinski definition) is 4. The van der Waals surface area contributed by atoms with Gasteiger partial charge in [-0.25, -0.2) is 4.68 Å². The standard InChI is InChI=1S/C30H30N4O3/c1-20-16-21(2)18-33(17-20)29(36)25-14-8-9-15-26(25)31-28(35)27-23-12-6-7-13-24(23)30(37)34(32-27)19-22-10-4-3-5-11-22/h3-15,20-21H,16-19H2,1-2H3,(H,31,35). The maximum absolute atomic E-state index is 13.6. The van der Waals surface area contributed by atoms with Crippen LogP contribution >= 0.6 is 0 Å². The van der Waals surface area contributed by atoms with Crippen LogP contribution in [0, 0.1) is 11.8 Å². The van der Waals surface area contributed by atoms with E-state index in [0.717, 1.165) is 12.0 Å². The smallest absolute Gasteiger partial charge is 0.276 e. The molecule has 1 N–H and O–H groups in total. The predicted molar refractivity (Wildman–Crippen MR) is 145 cm³/mol. The van der Waals surface area contributed by atoms with E-state index in [1.54, 1.807) is 48.5 Å². The van der Waals surface area contributed by atoms with Crippen molar-refractivity contribution >= 4 is 28.3 Å². The molecule has 1 saturated heterocycles. The van der Waals surface area contributed by atoms with E-state index in [1.807, 2.05) is 35.2 Å². The van der Waals surface area contributed by atoms with Crippen molar-refractivity contribution in [3.63, 3.8) is 0 Å². The van der Waals surface area contributed by atoms with Crippen LogP contribution in [0.3, 0.4) is 0 Å². The van der Waals surface area contributed by atoms with Crippen LogP contribution in [0.4, 0.5) is 5.69 Å². The van der Waals surface area contributed by atoms with Gasteiger partial charge in [-0.2, -0.15) is 5.10 Å². The van der Waals surface area contributed by atoms with Crippen molar-refractivity contribution in [1.29, 1.82) is 0 Å². The van der Waals surface area contributed by atoms with E-state index >= 15 is 0 Å². The van der Waals surface area contributed by atoms with Crippen LogP contribution in [0.1, 0.15) is 46.7 Å². The summed E-state index contributed by atoms with van der Waals surface area (Å²) in [7, 11) is 0. The molecular formula is C30H30N4O3. The lowest BCUT2D eigenvalue weighted by atomic mass is 9.91. The van der Waals surface area contributed by atoms with Crippen LogP contribution in [-0.2, 0) is 6.54 Å². The zero-order chi connectivity index (χ0) is 25.9. The fourth-order valence-corrected chi connectivity index (χ4v) is 5.23. The van der Waals surface area contributed by atoms with E-state index in [-0.39, 0.29) is 23.7 Å². The number of benzene rings is 3. The Balaban J connectivity index is 1.49. The van der Waals surface area contributed by atoms with E-state index in [0.29, 0.717) is 46.9 Å². The topological polar surface area (TPSA) is 84.3 Å². The van der Waals surface area contributed by atoms with Gasteiger partial charge < -0.3 is 10.2 Å². The SMILES string of the molecule is CC1CC(C)CN(C(=O)c2ccccc2NC(=O)c2nn(Cc3ccccc3)c(=O)c3ccccc23)C1. The number of piperidine rings is 1. The maximum Gasteiger partial charge on any atom is 0.276 e. The van der Waals surface area contributed by atoms with Crippen molar-refractivity contribution < 1.29 is 9.59 Å². The molecule has 7 nitrogen and oxygen atoms in total. The van der Waals surface area contributed by atoms with Gasteiger partial charge in [-0.1, -0.05) is 74.5 Å². The van der Waals surface area contributed by atoms with Gasteiger partial charge in [0.15, 0.2) is 5.69 Å². The minimum atomic E-state index is -0.473. The molecule has 1 aliphatic heterocycles. The average Bonchev–Trinajstić information content (AvgIpc) is 2.90. The van der Waals surface area contributed by atoms with Gasteiger partial charge in [0.25, 0.3) is 17.4 Å². The lowest BCUT2D eigenvalue weighted by Gasteiger charge is -2.35. The van der Waals surface area contributed by atoms with Crippen LogP contribution in [0.2, 0.25) is 0 Å². The van der Waals surface area contributed by atoms with Gasteiger partial charge in [0.2, 0.25) is 0 Å². The Bertz CT molecular complexity index is 1500. The third kappa shape index (κ3) is 5.16. The Morgan fingerprint density at radius 1 is 0.865 bits per heavy atom. The summed E-state index contributed by atoms with van der Waals surface area (Å²) in [6.45, 7) is 5.95. The zero-order valence-electron chi connectivity index (χ0n) is 21.1. The van der Waals surface area contributed by atoms with Crippen LogP contribution in [0.5, 0.6) is 0 Å². The molecule has 188 valence electrons. The van der Waals surface area contributed by atoms with Crippen molar-refractivity contribution in [1.82, 2.24) is 14.7 Å². The fourth-order valence-electron chi connectivity index (χ4n) is 5.23. The number of anilines is 1. The highest BCUT2D eigenvalue weighted by atomic mass is 16.2. The lowest BCUT2D eigenvalue weighted by molar-refractivity contribution is 0.0624. The number of carbonyl (C=O) groups is 2. The molecule has 0 bridgehead atoms. The minimum Gasteiger partial charge on any atom is -0.338 e. The van der Waals surface area contributed by atoms with Gasteiger partial charge >= 0.3 is 0 Å². The second kappa shape index (κ2) is 10.4. The van der Waals surface area contributed by atoms with Crippen molar-refractivity contribution in [2.45, 2.75) is 26.8 Å². The Morgan fingerprint density at radius 3 is 2.22 bits per heavy atom. The molecule has 5 rings (SSSR count). The van der Waals surface area contributed by atoms with E-state index in [2.05, 4.69) is 24.3 Å². The number of nitrogens with one attached hydrogen (secondary N) is 1. The summed E-state index contributed by atoms with van der Waals surface area (Å²) in [4.78, 5) is 42.1. The molecule has 0 radical (unpaired) electrons. The minimum absolute atomic E-state index is 0.0961. The molecular weight excluding hydrogens is 464 g/mol. The Labute approximate surface area is 215 Å². The fraction of sp³-hybridized carbons (Fsp3) is 0.267. The largest absolute Gasteiger partial charge is 0.338 e. The third-order valence-electron chi connectivity index (χ3n) is 6.82. The molecule has 2 atom stereocenters. The van der Waals surface area contributed by atoms with Crippen molar-refractivity contribution in [2.75, 3.05) is 18.4 Å². The quantitative estimate of drug-likeness (QED) is 0.431. The molecule has 0 saturated carbocycles. The average molecular weight is 495 g/mol. The van der Waals surface area contributed by atoms with Gasteiger partial charge in [-0.3, -0.25) is 14.4 Å². The van der Waals surface area contributed by atoms with E-state index in [1.165, 1.54) is 4.68 Å². The summed E-state index contributed by atoms with van der Waals surface area (Å²) in [5.74, 6) is 0.283. The van der Waals surface area contributed by atoms with Gasteiger partial charge in [-0.15, -0.1) is 0 Å². The number of fused-ring (bicyclic) bond motifs is 1. The Kier molecular flexibility index (Phi) is 6.86. The molecule has 0 spiro atoms. The number of rotatable bonds is 5. The van der Waals surface area contributed by atoms with Gasteiger partial charge in [0.05, 0.1) is 23.2 Å². The molecule has 1 fully saturated rings. The van der Waals surface area contributed by atoms with E-state index < -0.39 is 5.91 Å². The third-order valence-corrected chi connectivity index (χ3v) is 6.82. The second-order valence-electron chi connectivity index (χ2n) is 10.00. The molecule has 2 amide bonds. The van der Waals surface area contributed by atoms with E-state index in [4.69, 9.17) is 0 Å². The molecule has 4 aromatic rings. The summed E-state index contributed by atoms with van der Waals surface area (Å²) < 4.78 is 1.32. The van der Waals surface area contributed by atoms with Crippen molar-refractivity contribution in [2.24, 2.45) is 11.8 Å². The maximum atomic E-state index is 13.6. The zero-order valence-corrected chi connectivity index (χ0v) is 21.1. The van der Waals surface area contributed by atoms with Gasteiger partial charge in [-0.05, 0) is 42.0 Å². The molecule has 3 aromatic carbocycles. The van der Waals surface area contributed by atoms with Gasteiger partial charge in [0, 0.05) is 18.5 Å². The molecule has 1 aromatic heterocycles. The number of hydrogen-bond donors (Lipinski definition) is 1. The first-order valence-electron chi connectivity index (χ1n) is 12.6. The summed E-state index contributed by atoms with van der Waals surface area (Å²) in [5.41, 5.74) is 1.64. The van der Waals surface area contributed by atoms with Crippen LogP contribution in [-0.4, -0.2) is 39.6 Å². The number of amides is 2. The summed E-state index contributed by atoms with van der Waals surface area (Å²) in [6, 6.07) is 23.5. The van der Waals surface area contributed by atoms with Crippen molar-refractivity contribution in [3.8, 4) is 0 Å². The Hall–Kier alpha value is -4.26. The van der Waals surface area contributed by atoms with Crippen LogP contribution < -0.4 is 10.9 Å². The van der Waals surface area contributed by atoms with Crippen molar-refractivity contribution in [3.05, 3.63) is 106 Å². The summed E-state index contributed by atoms with van der Waals surface area (Å²) in [6.07, 6.45) is 1.10. The number of carbonyl (C=O) groups excluding carboxylic acids is 2. The summed E-state index contributed by atoms with van der Waals surface area (Å²) in [5, 5.41) is 8.27. The predicted octanol–water partition coefficient (Wildman–Crippen LogP) is 4.82. The first-order valence-corrected chi connectivity index (χ1v) is 12.6. The first kappa shape index (κ1) is 24.4. The lowest BCUT2D eigenvalue weighted by Crippen LogP contribution is -2.42. The van der Waals surface area contributed by atoms with E-state index in [9.17, 15) is 14.4 Å². The highest BCUT2D eigenvalue weighted by molar-refractivity contribution is 6.13. The van der Waals surface area contributed by atoms with Crippen LogP contribution in [0.15, 0.2) is 83.7 Å².